The summed E-state index contributed by atoms with van der Waals surface area (Å²) in [4.78, 5) is 22.5. The fourth-order valence-corrected chi connectivity index (χ4v) is 5.25. The monoisotopic (exact) mass is 513 g/mol. The minimum absolute atomic E-state index is 0. The van der Waals surface area contributed by atoms with Crippen LogP contribution in [-0.4, -0.2) is 47.7 Å². The number of likely N-dealkylation sites (N-methyl/N-ethyl adjacent to an activating group) is 1. The summed E-state index contributed by atoms with van der Waals surface area (Å²) < 4.78 is 28.2. The molecular formula is C24H30ClF2N3OS2. The van der Waals surface area contributed by atoms with Gasteiger partial charge in [0.1, 0.15) is 11.3 Å². The maximum atomic E-state index is 14.2. The molecule has 0 aliphatic rings. The van der Waals surface area contributed by atoms with Crippen LogP contribution in [0.15, 0.2) is 41.3 Å². The Labute approximate surface area is 208 Å². The van der Waals surface area contributed by atoms with Crippen molar-refractivity contribution in [3.8, 4) is 0 Å². The highest BCUT2D eigenvalue weighted by Gasteiger charge is 2.21. The van der Waals surface area contributed by atoms with Gasteiger partial charge in [0.15, 0.2) is 10.9 Å². The van der Waals surface area contributed by atoms with Crippen LogP contribution in [0.5, 0.6) is 0 Å². The zero-order valence-corrected chi connectivity index (χ0v) is 21.6. The van der Waals surface area contributed by atoms with Gasteiger partial charge in [0.05, 0.1) is 4.70 Å². The van der Waals surface area contributed by atoms with E-state index in [-0.39, 0.29) is 23.8 Å². The van der Waals surface area contributed by atoms with Gasteiger partial charge in [-0.3, -0.25) is 9.69 Å². The second-order valence-corrected chi connectivity index (χ2v) is 9.75. The van der Waals surface area contributed by atoms with Gasteiger partial charge in [-0.1, -0.05) is 42.9 Å². The molecule has 1 heterocycles. The first-order valence-electron chi connectivity index (χ1n) is 10.9. The molecule has 0 unspecified atom stereocenters. The molecule has 4 nitrogen and oxygen atoms in total. The van der Waals surface area contributed by atoms with Gasteiger partial charge in [0.25, 0.3) is 0 Å². The maximum absolute atomic E-state index is 14.2. The third-order valence-corrected chi connectivity index (χ3v) is 7.42. The third kappa shape index (κ3) is 7.64. The number of rotatable bonds is 11. The van der Waals surface area contributed by atoms with Gasteiger partial charge in [0, 0.05) is 30.5 Å². The molecule has 2 aromatic carbocycles. The fraction of sp³-hybridized carbons (Fsp3) is 0.417. The Morgan fingerprint density at radius 1 is 1.09 bits per heavy atom. The van der Waals surface area contributed by atoms with E-state index in [4.69, 9.17) is 0 Å². The highest BCUT2D eigenvalue weighted by molar-refractivity contribution is 7.99. The van der Waals surface area contributed by atoms with Crippen LogP contribution in [-0.2, 0) is 4.79 Å². The average molecular weight is 514 g/mol. The fourth-order valence-electron chi connectivity index (χ4n) is 3.35. The molecule has 0 radical (unpaired) electrons. The van der Waals surface area contributed by atoms with Crippen LogP contribution < -0.4 is 4.90 Å². The molecule has 0 bridgehead atoms. The van der Waals surface area contributed by atoms with Crippen LogP contribution in [0.4, 0.5) is 13.9 Å². The van der Waals surface area contributed by atoms with Crippen molar-refractivity contribution in [2.24, 2.45) is 0 Å². The summed E-state index contributed by atoms with van der Waals surface area (Å²) in [5.41, 5.74) is 1.34. The molecule has 33 heavy (non-hydrogen) atoms. The number of fused-ring (bicyclic) bond motifs is 1. The number of hydrogen-bond acceptors (Lipinski definition) is 5. The number of anilines is 1. The first-order valence-corrected chi connectivity index (χ1v) is 12.7. The van der Waals surface area contributed by atoms with E-state index in [9.17, 15) is 13.6 Å². The van der Waals surface area contributed by atoms with Gasteiger partial charge in [-0.25, -0.2) is 13.8 Å². The molecule has 3 rings (SSSR count). The number of halogens is 3. The second kappa shape index (κ2) is 13.2. The Bertz CT molecular complexity index is 1040. The van der Waals surface area contributed by atoms with E-state index in [1.165, 1.54) is 16.5 Å². The first-order chi connectivity index (χ1) is 15.4. The molecule has 0 saturated heterocycles. The number of benzene rings is 2. The van der Waals surface area contributed by atoms with E-state index in [1.54, 1.807) is 16.7 Å². The van der Waals surface area contributed by atoms with Gasteiger partial charge in [-0.05, 0) is 50.4 Å². The average Bonchev–Trinajstić information content (AvgIpc) is 3.19. The molecule has 9 heteroatoms. The first kappa shape index (κ1) is 27.5. The van der Waals surface area contributed by atoms with E-state index in [2.05, 4.69) is 54.9 Å². The third-order valence-electron chi connectivity index (χ3n) is 5.29. The van der Waals surface area contributed by atoms with E-state index in [0.717, 1.165) is 42.7 Å². The molecule has 0 aliphatic carbocycles. The Kier molecular flexibility index (Phi) is 11.0. The van der Waals surface area contributed by atoms with E-state index in [1.807, 2.05) is 0 Å². The molecule has 3 aromatic rings. The smallest absolute Gasteiger partial charge is 0.228 e. The molecule has 0 atom stereocenters. The zero-order chi connectivity index (χ0) is 23.1. The summed E-state index contributed by atoms with van der Waals surface area (Å²) in [6.45, 7) is 9.14. The zero-order valence-electron chi connectivity index (χ0n) is 19.1. The van der Waals surface area contributed by atoms with Crippen LogP contribution in [0.1, 0.15) is 32.3 Å². The number of carbonyl (C=O) groups excluding carboxylic acids is 1. The van der Waals surface area contributed by atoms with Crippen molar-refractivity contribution in [2.75, 3.05) is 36.8 Å². The van der Waals surface area contributed by atoms with Crippen molar-refractivity contribution in [3.05, 3.63) is 53.6 Å². The van der Waals surface area contributed by atoms with Crippen LogP contribution in [0, 0.1) is 18.6 Å². The summed E-state index contributed by atoms with van der Waals surface area (Å²) >= 11 is 2.88. The molecule has 0 N–H and O–H groups in total. The van der Waals surface area contributed by atoms with Gasteiger partial charge < -0.3 is 4.90 Å². The molecule has 0 saturated carbocycles. The highest BCUT2D eigenvalue weighted by atomic mass is 35.5. The lowest BCUT2D eigenvalue weighted by atomic mass is 10.2. The standard InChI is InChI=1S/C24H29F2N3OS2.ClH/c1-4-28(5-2)12-13-29(24-27-23-20(26)15-18(25)16-21(23)32-24)22(30)7-6-14-31-19-10-8-17(3)9-11-19;/h8-11,15-16H,4-7,12-14H2,1-3H3;1H. The Balaban J connectivity index is 0.00000385. The predicted octanol–water partition coefficient (Wildman–Crippen LogP) is 6.55. The lowest BCUT2D eigenvalue weighted by Gasteiger charge is -2.24. The number of hydrogen-bond donors (Lipinski definition) is 0. The summed E-state index contributed by atoms with van der Waals surface area (Å²) in [5.74, 6) is -0.549. The van der Waals surface area contributed by atoms with Gasteiger partial charge >= 0.3 is 0 Å². The Morgan fingerprint density at radius 2 is 1.79 bits per heavy atom. The van der Waals surface area contributed by atoms with Crippen molar-refractivity contribution < 1.29 is 13.6 Å². The van der Waals surface area contributed by atoms with Crippen LogP contribution in [0.3, 0.4) is 0 Å². The topological polar surface area (TPSA) is 36.4 Å². The van der Waals surface area contributed by atoms with E-state index in [0.29, 0.717) is 29.3 Å². The normalized spacial score (nSPS) is 11.1. The molecule has 0 spiro atoms. The number of amides is 1. The van der Waals surface area contributed by atoms with Crippen molar-refractivity contribution >= 4 is 56.8 Å². The van der Waals surface area contributed by atoms with Crippen molar-refractivity contribution in [3.63, 3.8) is 0 Å². The van der Waals surface area contributed by atoms with E-state index >= 15 is 0 Å². The van der Waals surface area contributed by atoms with Gasteiger partial charge in [0.2, 0.25) is 5.91 Å². The van der Waals surface area contributed by atoms with Crippen molar-refractivity contribution in [2.45, 2.75) is 38.5 Å². The molecule has 180 valence electrons. The number of thiazole rings is 1. The number of aromatic nitrogens is 1. The largest absolute Gasteiger partial charge is 0.302 e. The highest BCUT2D eigenvalue weighted by Crippen LogP contribution is 2.31. The van der Waals surface area contributed by atoms with Crippen LogP contribution in [0.2, 0.25) is 0 Å². The quantitative estimate of drug-likeness (QED) is 0.215. The van der Waals surface area contributed by atoms with Crippen LogP contribution in [0.25, 0.3) is 10.2 Å². The minimum Gasteiger partial charge on any atom is -0.302 e. The lowest BCUT2D eigenvalue weighted by molar-refractivity contribution is -0.118. The predicted molar refractivity (Wildman–Crippen MR) is 138 cm³/mol. The summed E-state index contributed by atoms with van der Waals surface area (Å²) in [5, 5.41) is 0.424. The Hall–Kier alpha value is -1.74. The maximum Gasteiger partial charge on any atom is 0.228 e. The Morgan fingerprint density at radius 3 is 2.45 bits per heavy atom. The molecule has 0 aliphatic heterocycles. The molecule has 1 amide bonds. The number of carbonyl (C=O) groups is 1. The van der Waals surface area contributed by atoms with Gasteiger partial charge in [-0.2, -0.15) is 0 Å². The van der Waals surface area contributed by atoms with Gasteiger partial charge in [-0.15, -0.1) is 24.2 Å². The number of nitrogens with zero attached hydrogens (tertiary/aromatic N) is 3. The molecular weight excluding hydrogens is 484 g/mol. The lowest BCUT2D eigenvalue weighted by Crippen LogP contribution is -2.38. The minimum atomic E-state index is -0.701. The van der Waals surface area contributed by atoms with E-state index < -0.39 is 11.6 Å². The van der Waals surface area contributed by atoms with Crippen molar-refractivity contribution in [1.82, 2.24) is 9.88 Å². The summed E-state index contributed by atoms with van der Waals surface area (Å²) in [6, 6.07) is 10.4. The van der Waals surface area contributed by atoms with Crippen molar-refractivity contribution in [1.29, 1.82) is 0 Å². The SMILES string of the molecule is CCN(CC)CCN(C(=O)CCCSc1ccc(C)cc1)c1nc2c(F)cc(F)cc2s1.Cl. The number of thioether (sulfide) groups is 1. The molecule has 0 fully saturated rings. The van der Waals surface area contributed by atoms with Crippen LogP contribution >= 0.6 is 35.5 Å². The summed E-state index contributed by atoms with van der Waals surface area (Å²) in [6.07, 6.45) is 1.11. The second-order valence-electron chi connectivity index (χ2n) is 7.57. The molecule has 1 aromatic heterocycles. The number of aryl methyl sites for hydroxylation is 1. The summed E-state index contributed by atoms with van der Waals surface area (Å²) in [7, 11) is 0.